The molecule has 0 unspecified atom stereocenters. The quantitative estimate of drug-likeness (QED) is 0.407. The summed E-state index contributed by atoms with van der Waals surface area (Å²) < 4.78 is 27.4. The summed E-state index contributed by atoms with van der Waals surface area (Å²) in [5, 5.41) is 1.32. The van der Waals surface area contributed by atoms with E-state index in [4.69, 9.17) is 23.2 Å². The maximum absolute atomic E-state index is 12.4. The first-order valence-electron chi connectivity index (χ1n) is 9.60. The minimum atomic E-state index is -3.41. The molecule has 0 spiro atoms. The fourth-order valence-corrected chi connectivity index (χ4v) is 4.99. The molecule has 2 rings (SSSR count). The Balaban J connectivity index is 0.00000204. The standard InChI is InChI=1S/C20H23Cl2NO2S2.C2H6/c1-3-17(9-7-15(2)21)20-12-11-19(26-20)13-23-27(24,25)14-16-5-4-6-18(22)10-8-16;1-2/h4,6-12,23H,3,5,13-14H2,1-2H3;1-2H3/b15-7+,17-9+;. The molecule has 29 heavy (non-hydrogen) atoms. The molecule has 1 aliphatic carbocycles. The molecule has 1 N–H and O–H groups in total. The summed E-state index contributed by atoms with van der Waals surface area (Å²) in [5.41, 5.74) is 1.98. The number of nitrogens with one attached hydrogen (secondary N) is 1. The van der Waals surface area contributed by atoms with Gasteiger partial charge < -0.3 is 0 Å². The third-order valence-electron chi connectivity index (χ3n) is 3.85. The third kappa shape index (κ3) is 9.96. The first kappa shape index (κ1) is 25.9. The number of thiophene rings is 1. The normalized spacial score (nSPS) is 15.2. The maximum atomic E-state index is 12.4. The van der Waals surface area contributed by atoms with E-state index in [0.717, 1.165) is 26.8 Å². The summed E-state index contributed by atoms with van der Waals surface area (Å²) >= 11 is 13.4. The molecule has 0 saturated heterocycles. The predicted octanol–water partition coefficient (Wildman–Crippen LogP) is 7.14. The number of sulfonamides is 1. The molecule has 0 amide bonds. The summed E-state index contributed by atoms with van der Waals surface area (Å²) in [6.45, 7) is 8.21. The van der Waals surface area contributed by atoms with Gasteiger partial charge in [0.15, 0.2) is 0 Å². The van der Waals surface area contributed by atoms with Gasteiger partial charge in [0.05, 0.1) is 5.75 Å². The summed E-state index contributed by atoms with van der Waals surface area (Å²) in [6.07, 6.45) is 12.5. The summed E-state index contributed by atoms with van der Waals surface area (Å²) in [6, 6.07) is 3.98. The van der Waals surface area contributed by atoms with Crippen LogP contribution in [0.1, 0.15) is 50.3 Å². The lowest BCUT2D eigenvalue weighted by atomic mass is 10.1. The van der Waals surface area contributed by atoms with Crippen molar-refractivity contribution in [1.29, 1.82) is 0 Å². The highest BCUT2D eigenvalue weighted by molar-refractivity contribution is 7.89. The molecule has 0 radical (unpaired) electrons. The highest BCUT2D eigenvalue weighted by Gasteiger charge is 2.14. The van der Waals surface area contributed by atoms with E-state index >= 15 is 0 Å². The molecule has 0 bridgehead atoms. The van der Waals surface area contributed by atoms with Crippen molar-refractivity contribution in [3.8, 4) is 0 Å². The van der Waals surface area contributed by atoms with Gasteiger partial charge in [-0.25, -0.2) is 13.1 Å². The molecule has 0 aliphatic heterocycles. The van der Waals surface area contributed by atoms with E-state index in [9.17, 15) is 8.42 Å². The molecule has 7 heteroatoms. The lowest BCUT2D eigenvalue weighted by molar-refractivity contribution is 0.583. The maximum Gasteiger partial charge on any atom is 0.215 e. The van der Waals surface area contributed by atoms with Crippen LogP contribution in [0.3, 0.4) is 0 Å². The smallest absolute Gasteiger partial charge is 0.212 e. The topological polar surface area (TPSA) is 46.2 Å². The van der Waals surface area contributed by atoms with Crippen LogP contribution in [0.2, 0.25) is 0 Å². The van der Waals surface area contributed by atoms with Gasteiger partial charge in [0.1, 0.15) is 0 Å². The zero-order valence-corrected chi connectivity index (χ0v) is 20.5. The van der Waals surface area contributed by atoms with Crippen LogP contribution in [0.25, 0.3) is 5.57 Å². The number of rotatable bonds is 8. The van der Waals surface area contributed by atoms with E-state index in [1.54, 1.807) is 29.6 Å². The zero-order chi connectivity index (χ0) is 21.9. The summed E-state index contributed by atoms with van der Waals surface area (Å²) in [7, 11) is -3.41. The van der Waals surface area contributed by atoms with Crippen molar-refractivity contribution in [2.75, 3.05) is 5.75 Å². The summed E-state index contributed by atoms with van der Waals surface area (Å²) in [4.78, 5) is 2.09. The van der Waals surface area contributed by atoms with Gasteiger partial charge in [-0.1, -0.05) is 67.8 Å². The van der Waals surface area contributed by atoms with E-state index < -0.39 is 10.0 Å². The van der Waals surface area contributed by atoms with Crippen molar-refractivity contribution in [1.82, 2.24) is 4.72 Å². The van der Waals surface area contributed by atoms with E-state index in [0.29, 0.717) is 11.5 Å². The molecule has 0 atom stereocenters. The van der Waals surface area contributed by atoms with E-state index in [1.165, 1.54) is 5.57 Å². The van der Waals surface area contributed by atoms with Crippen molar-refractivity contribution < 1.29 is 8.42 Å². The van der Waals surface area contributed by atoms with Gasteiger partial charge in [-0.05, 0) is 55.7 Å². The molecule has 0 saturated carbocycles. The highest BCUT2D eigenvalue weighted by atomic mass is 35.5. The molecular formula is C22H29Cl2NO2S2. The average Bonchev–Trinajstić information content (AvgIpc) is 3.06. The Kier molecular flexibility index (Phi) is 11.8. The number of halogens is 2. The first-order valence-corrected chi connectivity index (χ1v) is 12.8. The van der Waals surface area contributed by atoms with Crippen molar-refractivity contribution in [3.05, 3.63) is 74.0 Å². The Hall–Kier alpha value is -1.11. The van der Waals surface area contributed by atoms with Crippen LogP contribution in [-0.4, -0.2) is 14.2 Å². The third-order valence-corrected chi connectivity index (χ3v) is 6.72. The monoisotopic (exact) mass is 473 g/mol. The van der Waals surface area contributed by atoms with Gasteiger partial charge in [-0.15, -0.1) is 11.3 Å². The lowest BCUT2D eigenvalue weighted by Crippen LogP contribution is -2.26. The van der Waals surface area contributed by atoms with Gasteiger partial charge in [0.25, 0.3) is 0 Å². The number of hydrogen-bond donors (Lipinski definition) is 1. The fraction of sp³-hybridized carbons (Fsp3) is 0.364. The van der Waals surface area contributed by atoms with Crippen molar-refractivity contribution >= 4 is 50.1 Å². The van der Waals surface area contributed by atoms with Crippen LogP contribution in [0.4, 0.5) is 0 Å². The molecule has 160 valence electrons. The Morgan fingerprint density at radius 2 is 1.97 bits per heavy atom. The number of hydrogen-bond acceptors (Lipinski definition) is 3. The molecule has 0 aromatic carbocycles. The SMILES string of the molecule is CC.CC/C(=C\C=C(/C)Cl)c1ccc(CNS(=O)(=O)CC2=CC=C(Cl)C=CC2)s1. The average molecular weight is 475 g/mol. The van der Waals surface area contributed by atoms with E-state index in [2.05, 4.69) is 11.6 Å². The Morgan fingerprint density at radius 3 is 2.62 bits per heavy atom. The Morgan fingerprint density at radius 1 is 1.24 bits per heavy atom. The predicted molar refractivity (Wildman–Crippen MR) is 130 cm³/mol. The van der Waals surface area contributed by atoms with E-state index in [-0.39, 0.29) is 12.3 Å². The fourth-order valence-electron chi connectivity index (χ4n) is 2.46. The largest absolute Gasteiger partial charge is 0.215 e. The Labute approximate surface area is 189 Å². The Bertz CT molecular complexity index is 916. The second-order valence-corrected chi connectivity index (χ2v) is 10.1. The molecule has 1 aromatic heterocycles. The lowest BCUT2D eigenvalue weighted by Gasteiger charge is -2.07. The van der Waals surface area contributed by atoms with Gasteiger partial charge in [-0.2, -0.15) is 0 Å². The van der Waals surface area contributed by atoms with E-state index in [1.807, 2.05) is 51.1 Å². The van der Waals surface area contributed by atoms with Crippen molar-refractivity contribution in [2.24, 2.45) is 0 Å². The van der Waals surface area contributed by atoms with Gasteiger partial charge >= 0.3 is 0 Å². The molecular weight excluding hydrogens is 445 g/mol. The molecule has 1 aliphatic rings. The van der Waals surface area contributed by atoms with Crippen LogP contribution < -0.4 is 4.72 Å². The van der Waals surface area contributed by atoms with Crippen LogP contribution in [0.15, 0.2) is 64.2 Å². The zero-order valence-electron chi connectivity index (χ0n) is 17.3. The minimum Gasteiger partial charge on any atom is -0.212 e. The second kappa shape index (κ2) is 13.2. The minimum absolute atomic E-state index is 0.0316. The highest BCUT2D eigenvalue weighted by Crippen LogP contribution is 2.27. The second-order valence-electron chi connectivity index (χ2n) is 6.13. The van der Waals surface area contributed by atoms with Crippen LogP contribution in [0.5, 0.6) is 0 Å². The number of allylic oxidation sites excluding steroid dienone is 9. The molecule has 1 aromatic rings. The van der Waals surface area contributed by atoms with Crippen molar-refractivity contribution in [2.45, 2.75) is 47.1 Å². The molecule has 1 heterocycles. The van der Waals surface area contributed by atoms with Crippen molar-refractivity contribution in [3.63, 3.8) is 0 Å². The van der Waals surface area contributed by atoms with Crippen LogP contribution in [-0.2, 0) is 16.6 Å². The molecule has 3 nitrogen and oxygen atoms in total. The van der Waals surface area contributed by atoms with Crippen LogP contribution >= 0.6 is 34.5 Å². The summed E-state index contributed by atoms with van der Waals surface area (Å²) in [5.74, 6) is -0.0316. The first-order chi connectivity index (χ1) is 13.8. The molecule has 0 fully saturated rings. The van der Waals surface area contributed by atoms with Crippen LogP contribution in [0, 0.1) is 0 Å². The van der Waals surface area contributed by atoms with Gasteiger partial charge in [0, 0.05) is 26.4 Å². The van der Waals surface area contributed by atoms with Gasteiger partial charge in [0.2, 0.25) is 10.0 Å². The van der Waals surface area contributed by atoms with Gasteiger partial charge in [-0.3, -0.25) is 0 Å².